The summed E-state index contributed by atoms with van der Waals surface area (Å²) in [4.78, 5) is 14.1. The molecule has 0 spiro atoms. The van der Waals surface area contributed by atoms with E-state index in [0.29, 0.717) is 11.2 Å². The molecular formula is C9H14ClN5S. The first-order valence-electron chi connectivity index (χ1n) is 5.22. The molecule has 5 nitrogen and oxygen atoms in total. The second-order valence-electron chi connectivity index (χ2n) is 3.61. The van der Waals surface area contributed by atoms with Gasteiger partial charge >= 0.3 is 0 Å². The highest BCUT2D eigenvalue weighted by Crippen LogP contribution is 2.24. The highest BCUT2D eigenvalue weighted by Gasteiger charge is 2.21. The standard InChI is InChI=1S/C9H14ClN5S/c1-2-6-5-15(3-4-16-6)9-13-7(10)12-8(11)14-9/h6H,2-5H2,1H3,(H2,11,12,13,14). The summed E-state index contributed by atoms with van der Waals surface area (Å²) in [5.74, 6) is 1.86. The highest BCUT2D eigenvalue weighted by atomic mass is 35.5. The maximum Gasteiger partial charge on any atom is 0.231 e. The molecule has 1 aliphatic heterocycles. The molecule has 0 bridgehead atoms. The van der Waals surface area contributed by atoms with Gasteiger partial charge in [0.05, 0.1) is 0 Å². The molecule has 1 unspecified atom stereocenters. The molecule has 2 heterocycles. The van der Waals surface area contributed by atoms with Crippen LogP contribution >= 0.6 is 23.4 Å². The number of nitrogen functional groups attached to an aromatic ring is 1. The van der Waals surface area contributed by atoms with Gasteiger partial charge in [-0.2, -0.15) is 26.7 Å². The summed E-state index contributed by atoms with van der Waals surface area (Å²) in [6, 6.07) is 0. The Morgan fingerprint density at radius 1 is 1.50 bits per heavy atom. The van der Waals surface area contributed by atoms with Crippen molar-refractivity contribution in [2.24, 2.45) is 0 Å². The number of rotatable bonds is 2. The van der Waals surface area contributed by atoms with E-state index in [2.05, 4.69) is 26.8 Å². The summed E-state index contributed by atoms with van der Waals surface area (Å²) < 4.78 is 0. The van der Waals surface area contributed by atoms with Crippen LogP contribution in [0, 0.1) is 0 Å². The molecule has 2 N–H and O–H groups in total. The van der Waals surface area contributed by atoms with E-state index in [9.17, 15) is 0 Å². The molecule has 0 saturated carbocycles. The molecule has 1 saturated heterocycles. The molecule has 0 aliphatic carbocycles. The van der Waals surface area contributed by atoms with Crippen LogP contribution in [0.25, 0.3) is 0 Å². The Bertz CT molecular complexity index is 355. The first-order chi connectivity index (χ1) is 7.69. The van der Waals surface area contributed by atoms with Gasteiger partial charge in [-0.05, 0) is 18.0 Å². The van der Waals surface area contributed by atoms with Crippen LogP contribution in [0.4, 0.5) is 11.9 Å². The van der Waals surface area contributed by atoms with Gasteiger partial charge in [0.15, 0.2) is 0 Å². The Morgan fingerprint density at radius 2 is 2.31 bits per heavy atom. The van der Waals surface area contributed by atoms with E-state index in [1.807, 2.05) is 11.8 Å². The molecule has 1 aromatic rings. The fraction of sp³-hybridized carbons (Fsp3) is 0.667. The van der Waals surface area contributed by atoms with E-state index in [1.54, 1.807) is 0 Å². The summed E-state index contributed by atoms with van der Waals surface area (Å²) in [6.45, 7) is 4.07. The van der Waals surface area contributed by atoms with Crippen LogP contribution in [0.15, 0.2) is 0 Å². The lowest BCUT2D eigenvalue weighted by molar-refractivity contribution is 0.708. The molecule has 1 aromatic heterocycles. The van der Waals surface area contributed by atoms with Gasteiger partial charge in [0.1, 0.15) is 0 Å². The molecule has 0 amide bonds. The van der Waals surface area contributed by atoms with Crippen LogP contribution in [0.1, 0.15) is 13.3 Å². The summed E-state index contributed by atoms with van der Waals surface area (Å²) >= 11 is 7.76. The number of hydrogen-bond donors (Lipinski definition) is 1. The molecule has 7 heteroatoms. The van der Waals surface area contributed by atoms with Crippen molar-refractivity contribution in [3.8, 4) is 0 Å². The Balaban J connectivity index is 2.16. The van der Waals surface area contributed by atoms with Crippen LogP contribution in [-0.2, 0) is 0 Å². The number of hydrogen-bond acceptors (Lipinski definition) is 6. The lowest BCUT2D eigenvalue weighted by Crippen LogP contribution is -2.38. The molecule has 88 valence electrons. The summed E-state index contributed by atoms with van der Waals surface area (Å²) in [6.07, 6.45) is 1.15. The number of nitrogens with zero attached hydrogens (tertiary/aromatic N) is 4. The number of thioether (sulfide) groups is 1. The fourth-order valence-corrected chi connectivity index (χ4v) is 2.99. The number of nitrogens with two attached hydrogens (primary N) is 1. The van der Waals surface area contributed by atoms with E-state index in [0.717, 1.165) is 25.3 Å². The van der Waals surface area contributed by atoms with Gasteiger partial charge in [0, 0.05) is 24.1 Å². The number of anilines is 2. The van der Waals surface area contributed by atoms with Gasteiger partial charge in [-0.25, -0.2) is 0 Å². The van der Waals surface area contributed by atoms with Crippen LogP contribution in [-0.4, -0.2) is 39.0 Å². The Hall–Kier alpha value is -0.750. The van der Waals surface area contributed by atoms with Gasteiger partial charge in [-0.3, -0.25) is 0 Å². The van der Waals surface area contributed by atoms with Crippen molar-refractivity contribution in [1.29, 1.82) is 0 Å². The van der Waals surface area contributed by atoms with Crippen LogP contribution < -0.4 is 10.6 Å². The second kappa shape index (κ2) is 5.05. The third-order valence-corrected chi connectivity index (χ3v) is 4.03. The first-order valence-corrected chi connectivity index (χ1v) is 6.65. The van der Waals surface area contributed by atoms with Gasteiger partial charge in [-0.15, -0.1) is 0 Å². The monoisotopic (exact) mass is 259 g/mol. The minimum absolute atomic E-state index is 0.161. The van der Waals surface area contributed by atoms with Crippen molar-refractivity contribution in [2.45, 2.75) is 18.6 Å². The predicted octanol–water partition coefficient (Wildman–Crippen LogP) is 1.44. The average molecular weight is 260 g/mol. The predicted molar refractivity (Wildman–Crippen MR) is 68.0 cm³/mol. The van der Waals surface area contributed by atoms with E-state index < -0.39 is 0 Å². The molecule has 1 atom stereocenters. The van der Waals surface area contributed by atoms with Crippen LogP contribution in [0.5, 0.6) is 0 Å². The molecule has 1 aliphatic rings. The van der Waals surface area contributed by atoms with Gasteiger partial charge in [0.2, 0.25) is 17.2 Å². The number of halogens is 1. The van der Waals surface area contributed by atoms with Crippen molar-refractivity contribution in [3.63, 3.8) is 0 Å². The van der Waals surface area contributed by atoms with E-state index in [4.69, 9.17) is 17.3 Å². The van der Waals surface area contributed by atoms with Crippen LogP contribution in [0.2, 0.25) is 5.28 Å². The zero-order valence-corrected chi connectivity index (χ0v) is 10.6. The van der Waals surface area contributed by atoms with Gasteiger partial charge in [0.25, 0.3) is 0 Å². The minimum Gasteiger partial charge on any atom is -0.368 e. The van der Waals surface area contributed by atoms with E-state index in [-0.39, 0.29) is 11.2 Å². The zero-order chi connectivity index (χ0) is 11.5. The maximum atomic E-state index is 5.77. The average Bonchev–Trinajstić information content (AvgIpc) is 2.28. The number of aromatic nitrogens is 3. The maximum absolute atomic E-state index is 5.77. The lowest BCUT2D eigenvalue weighted by atomic mass is 10.3. The van der Waals surface area contributed by atoms with Crippen molar-refractivity contribution >= 4 is 35.3 Å². The second-order valence-corrected chi connectivity index (χ2v) is 5.36. The zero-order valence-electron chi connectivity index (χ0n) is 9.06. The fourth-order valence-electron chi connectivity index (χ4n) is 1.64. The summed E-state index contributed by atoms with van der Waals surface area (Å²) in [5.41, 5.74) is 5.55. The topological polar surface area (TPSA) is 67.9 Å². The first kappa shape index (κ1) is 11.7. The summed E-state index contributed by atoms with van der Waals surface area (Å²) in [7, 11) is 0. The lowest BCUT2D eigenvalue weighted by Gasteiger charge is -2.31. The van der Waals surface area contributed by atoms with Crippen molar-refractivity contribution < 1.29 is 0 Å². The Labute approximate surface area is 104 Å². The molecule has 16 heavy (non-hydrogen) atoms. The van der Waals surface area contributed by atoms with Gasteiger partial charge in [-0.1, -0.05) is 6.92 Å². The molecule has 0 radical (unpaired) electrons. The molecule has 1 fully saturated rings. The third-order valence-electron chi connectivity index (χ3n) is 2.49. The minimum atomic E-state index is 0.161. The quantitative estimate of drug-likeness (QED) is 0.867. The van der Waals surface area contributed by atoms with Crippen molar-refractivity contribution in [3.05, 3.63) is 5.28 Å². The van der Waals surface area contributed by atoms with Crippen molar-refractivity contribution in [1.82, 2.24) is 15.0 Å². The van der Waals surface area contributed by atoms with E-state index >= 15 is 0 Å². The Kier molecular flexibility index (Phi) is 3.70. The van der Waals surface area contributed by atoms with Gasteiger partial charge < -0.3 is 10.6 Å². The normalized spacial score (nSPS) is 21.1. The third kappa shape index (κ3) is 2.68. The molecular weight excluding hydrogens is 246 g/mol. The smallest absolute Gasteiger partial charge is 0.231 e. The molecule has 2 rings (SSSR count). The SMILES string of the molecule is CCC1CN(c2nc(N)nc(Cl)n2)CCS1. The highest BCUT2D eigenvalue weighted by molar-refractivity contribution is 8.00. The van der Waals surface area contributed by atoms with E-state index in [1.165, 1.54) is 0 Å². The Morgan fingerprint density at radius 3 is 3.00 bits per heavy atom. The summed E-state index contributed by atoms with van der Waals surface area (Å²) in [5, 5.41) is 0.791. The van der Waals surface area contributed by atoms with Crippen molar-refractivity contribution in [2.75, 3.05) is 29.5 Å². The largest absolute Gasteiger partial charge is 0.368 e. The van der Waals surface area contributed by atoms with Crippen LogP contribution in [0.3, 0.4) is 0 Å². The molecule has 0 aromatic carbocycles.